The van der Waals surface area contributed by atoms with Gasteiger partial charge in [-0.1, -0.05) is 39.3 Å². The van der Waals surface area contributed by atoms with Crippen LogP contribution in [0.25, 0.3) is 0 Å². The van der Waals surface area contributed by atoms with Gasteiger partial charge >= 0.3 is 11.9 Å². The van der Waals surface area contributed by atoms with E-state index in [-0.39, 0.29) is 49.2 Å². The lowest BCUT2D eigenvalue weighted by molar-refractivity contribution is -0.181. The third-order valence-corrected chi connectivity index (χ3v) is 9.73. The molecule has 0 bridgehead atoms. The molecular formula is C28H38O8. The van der Waals surface area contributed by atoms with E-state index in [0.717, 1.165) is 18.4 Å². The molecule has 7 atom stereocenters. The summed E-state index contributed by atoms with van der Waals surface area (Å²) >= 11 is 0. The quantitative estimate of drug-likeness (QED) is 0.452. The van der Waals surface area contributed by atoms with Gasteiger partial charge < -0.3 is 20.1 Å². The van der Waals surface area contributed by atoms with Crippen molar-refractivity contribution in [1.29, 1.82) is 0 Å². The molecule has 0 heterocycles. The van der Waals surface area contributed by atoms with Gasteiger partial charge in [-0.05, 0) is 61.5 Å². The van der Waals surface area contributed by atoms with Crippen LogP contribution in [0.5, 0.6) is 0 Å². The number of hydrogen-bond donors (Lipinski definition) is 3. The first-order valence-corrected chi connectivity index (χ1v) is 12.9. The number of aliphatic hydroxyl groups is 2. The SMILES string of the molecule is CC(C)(CC(=O)O)CC(=O)OCC(=O)[C@]1(O)CC[C@H]2[C@@H]3CCC4=CC(=O)C=C[C@]4(C)[C@H]3[C@@H](O)C[C@@]21C. The molecule has 4 rings (SSSR count). The number of hydrogen-bond acceptors (Lipinski definition) is 7. The Morgan fingerprint density at radius 2 is 1.86 bits per heavy atom. The van der Waals surface area contributed by atoms with Crippen molar-refractivity contribution in [2.45, 2.75) is 84.3 Å². The molecule has 198 valence electrons. The zero-order chi connectivity index (χ0) is 26.7. The van der Waals surface area contributed by atoms with E-state index >= 15 is 0 Å². The maximum atomic E-state index is 13.3. The highest BCUT2D eigenvalue weighted by atomic mass is 16.5. The summed E-state index contributed by atoms with van der Waals surface area (Å²) in [7, 11) is 0. The number of ether oxygens (including phenoxy) is 1. The van der Waals surface area contributed by atoms with E-state index in [1.807, 2.05) is 13.0 Å². The highest BCUT2D eigenvalue weighted by molar-refractivity contribution is 6.01. The van der Waals surface area contributed by atoms with Gasteiger partial charge in [0.15, 0.2) is 12.4 Å². The molecule has 0 aromatic carbocycles. The molecule has 0 radical (unpaired) electrons. The van der Waals surface area contributed by atoms with Crippen LogP contribution in [0.4, 0.5) is 0 Å². The Hall–Kier alpha value is -2.32. The summed E-state index contributed by atoms with van der Waals surface area (Å²) in [6.07, 6.45) is 6.69. The highest BCUT2D eigenvalue weighted by Gasteiger charge is 2.68. The average Bonchev–Trinajstić information content (AvgIpc) is 3.02. The van der Waals surface area contributed by atoms with Gasteiger partial charge in [0.25, 0.3) is 0 Å². The number of Topliss-reactive ketones (excluding diaryl/α,β-unsaturated/α-hetero) is 1. The number of aliphatic carboxylic acids is 1. The first-order valence-electron chi connectivity index (χ1n) is 12.9. The van der Waals surface area contributed by atoms with Gasteiger partial charge in [-0.2, -0.15) is 0 Å². The van der Waals surface area contributed by atoms with Gasteiger partial charge in [0.1, 0.15) is 5.60 Å². The number of allylic oxidation sites excluding steroid dienone is 4. The van der Waals surface area contributed by atoms with Gasteiger partial charge in [-0.3, -0.25) is 19.2 Å². The van der Waals surface area contributed by atoms with Crippen LogP contribution in [-0.4, -0.2) is 57.1 Å². The van der Waals surface area contributed by atoms with E-state index < -0.39 is 52.3 Å². The van der Waals surface area contributed by atoms with Gasteiger partial charge in [-0.15, -0.1) is 0 Å². The van der Waals surface area contributed by atoms with Crippen LogP contribution in [0.2, 0.25) is 0 Å². The number of carbonyl (C=O) groups excluding carboxylic acids is 3. The predicted octanol–water partition coefficient (Wildman–Crippen LogP) is 3.00. The third-order valence-electron chi connectivity index (χ3n) is 9.73. The Morgan fingerprint density at radius 1 is 1.17 bits per heavy atom. The molecule has 3 N–H and O–H groups in total. The Bertz CT molecular complexity index is 1040. The summed E-state index contributed by atoms with van der Waals surface area (Å²) in [6, 6.07) is 0. The fourth-order valence-electron chi connectivity index (χ4n) is 7.97. The Morgan fingerprint density at radius 3 is 2.53 bits per heavy atom. The zero-order valence-corrected chi connectivity index (χ0v) is 21.6. The van der Waals surface area contributed by atoms with E-state index in [4.69, 9.17) is 9.84 Å². The molecule has 3 fully saturated rings. The minimum atomic E-state index is -1.73. The molecule has 4 aliphatic rings. The van der Waals surface area contributed by atoms with E-state index in [1.54, 1.807) is 26.0 Å². The van der Waals surface area contributed by atoms with Crippen molar-refractivity contribution >= 4 is 23.5 Å². The van der Waals surface area contributed by atoms with Crippen molar-refractivity contribution < 1.29 is 39.2 Å². The topological polar surface area (TPSA) is 138 Å². The Kier molecular flexibility index (Phi) is 6.62. The number of aliphatic hydroxyl groups excluding tert-OH is 1. The second-order valence-corrected chi connectivity index (χ2v) is 12.6. The van der Waals surface area contributed by atoms with Crippen LogP contribution in [0.1, 0.15) is 72.6 Å². The predicted molar refractivity (Wildman–Crippen MR) is 130 cm³/mol. The lowest BCUT2D eigenvalue weighted by Crippen LogP contribution is -2.61. The van der Waals surface area contributed by atoms with E-state index in [1.165, 1.54) is 0 Å². The number of rotatable bonds is 7. The number of ketones is 2. The maximum absolute atomic E-state index is 13.3. The summed E-state index contributed by atoms with van der Waals surface area (Å²) in [5, 5.41) is 32.1. The third kappa shape index (κ3) is 4.26. The van der Waals surface area contributed by atoms with Crippen LogP contribution in [0.3, 0.4) is 0 Å². The number of carbonyl (C=O) groups is 4. The monoisotopic (exact) mass is 502 g/mol. The average molecular weight is 503 g/mol. The number of carboxylic acid groups (broad SMARTS) is 1. The molecule has 0 aliphatic heterocycles. The van der Waals surface area contributed by atoms with E-state index in [9.17, 15) is 29.4 Å². The lowest BCUT2D eigenvalue weighted by Gasteiger charge is -2.59. The van der Waals surface area contributed by atoms with Crippen LogP contribution < -0.4 is 0 Å². The van der Waals surface area contributed by atoms with Gasteiger partial charge in [-0.25, -0.2) is 0 Å². The molecule has 0 aromatic rings. The van der Waals surface area contributed by atoms with Crippen molar-refractivity contribution in [2.75, 3.05) is 6.61 Å². The van der Waals surface area contributed by atoms with Crippen molar-refractivity contribution in [3.05, 3.63) is 23.8 Å². The molecule has 0 spiro atoms. The number of fused-ring (bicyclic) bond motifs is 5. The lowest BCUT2D eigenvalue weighted by atomic mass is 9.46. The van der Waals surface area contributed by atoms with Crippen molar-refractivity contribution in [3.8, 4) is 0 Å². The standard InChI is InChI=1S/C28H38O8/c1-25(2,13-22(32)33)14-23(34)36-15-21(31)28(35)10-8-19-18-6-5-16-11-17(29)7-9-26(16,3)24(18)20(30)12-27(19,28)4/h7,9,11,18-20,24,30,35H,5-6,8,10,12-15H2,1-4H3,(H,32,33)/t18-,19-,20-,24+,26-,27-,28+/m0/s1. The summed E-state index contributed by atoms with van der Waals surface area (Å²) < 4.78 is 5.20. The van der Waals surface area contributed by atoms with Crippen molar-refractivity contribution in [1.82, 2.24) is 0 Å². The summed E-state index contributed by atoms with van der Waals surface area (Å²) in [5.74, 6) is -2.32. The summed E-state index contributed by atoms with van der Waals surface area (Å²) in [5.41, 5.74) is -2.80. The smallest absolute Gasteiger partial charge is 0.306 e. The molecule has 8 nitrogen and oxygen atoms in total. The van der Waals surface area contributed by atoms with Crippen molar-refractivity contribution in [3.63, 3.8) is 0 Å². The second-order valence-electron chi connectivity index (χ2n) is 12.6. The fourth-order valence-corrected chi connectivity index (χ4v) is 7.97. The second kappa shape index (κ2) is 8.91. The minimum Gasteiger partial charge on any atom is -0.481 e. The minimum absolute atomic E-state index is 0.00875. The zero-order valence-electron chi connectivity index (χ0n) is 21.6. The van der Waals surface area contributed by atoms with Gasteiger partial charge in [0.05, 0.1) is 18.9 Å². The largest absolute Gasteiger partial charge is 0.481 e. The van der Waals surface area contributed by atoms with Crippen LogP contribution in [0.15, 0.2) is 23.8 Å². The van der Waals surface area contributed by atoms with E-state index in [2.05, 4.69) is 6.92 Å². The van der Waals surface area contributed by atoms with E-state index in [0.29, 0.717) is 6.42 Å². The Labute approximate surface area is 211 Å². The first kappa shape index (κ1) is 26.7. The molecule has 3 saturated carbocycles. The van der Waals surface area contributed by atoms with Crippen molar-refractivity contribution in [2.24, 2.45) is 34.0 Å². The summed E-state index contributed by atoms with van der Waals surface area (Å²) in [4.78, 5) is 48.6. The number of carboxylic acids is 1. The molecule has 0 amide bonds. The molecule has 0 aromatic heterocycles. The number of esters is 1. The molecular weight excluding hydrogens is 464 g/mol. The summed E-state index contributed by atoms with van der Waals surface area (Å²) in [6.45, 7) is 6.64. The Balaban J connectivity index is 1.49. The first-order chi connectivity index (χ1) is 16.6. The van der Waals surface area contributed by atoms with Gasteiger partial charge in [0.2, 0.25) is 5.78 Å². The van der Waals surface area contributed by atoms with Crippen LogP contribution in [0, 0.1) is 34.0 Å². The highest BCUT2D eigenvalue weighted by Crippen LogP contribution is 2.67. The molecule has 0 unspecified atom stereocenters. The normalized spacial score (nSPS) is 39.5. The molecule has 8 heteroatoms. The molecule has 0 saturated heterocycles. The van der Waals surface area contributed by atoms with Crippen LogP contribution in [-0.2, 0) is 23.9 Å². The molecule has 36 heavy (non-hydrogen) atoms. The fraction of sp³-hybridized carbons (Fsp3) is 0.714. The van der Waals surface area contributed by atoms with Gasteiger partial charge in [0, 0.05) is 16.7 Å². The maximum Gasteiger partial charge on any atom is 0.306 e. The molecule has 4 aliphatic carbocycles. The van der Waals surface area contributed by atoms with Crippen LogP contribution >= 0.6 is 0 Å².